The molecule has 0 bridgehead atoms. The van der Waals surface area contributed by atoms with Crippen molar-refractivity contribution in [3.8, 4) is 0 Å². The summed E-state index contributed by atoms with van der Waals surface area (Å²) in [5.74, 6) is 1.33. The quantitative estimate of drug-likeness (QED) is 0.902. The number of benzene rings is 1. The van der Waals surface area contributed by atoms with Crippen LogP contribution in [-0.4, -0.2) is 29.9 Å². The molecule has 1 aromatic carbocycles. The summed E-state index contributed by atoms with van der Waals surface area (Å²) in [5, 5.41) is 0. The van der Waals surface area contributed by atoms with Crippen LogP contribution in [0.4, 0.5) is 0 Å². The molecule has 1 aromatic rings. The summed E-state index contributed by atoms with van der Waals surface area (Å²) in [7, 11) is 0. The van der Waals surface area contributed by atoms with Gasteiger partial charge in [-0.25, -0.2) is 0 Å². The maximum atomic E-state index is 12.3. The molecule has 1 aliphatic heterocycles. The van der Waals surface area contributed by atoms with Gasteiger partial charge in [0.25, 0.3) is 0 Å². The third-order valence-corrected chi connectivity index (χ3v) is 4.34. The van der Waals surface area contributed by atoms with Crippen molar-refractivity contribution < 1.29 is 4.79 Å². The average Bonchev–Trinajstić information content (AvgIpc) is 3.26. The Morgan fingerprint density at radius 1 is 1.11 bits per heavy atom. The van der Waals surface area contributed by atoms with Gasteiger partial charge in [0.2, 0.25) is 5.91 Å². The molecule has 2 aliphatic rings. The molecule has 102 valence electrons. The third-order valence-electron chi connectivity index (χ3n) is 4.34. The number of carbonyl (C=O) groups is 1. The van der Waals surface area contributed by atoms with Crippen LogP contribution < -0.4 is 5.73 Å². The highest BCUT2D eigenvalue weighted by Crippen LogP contribution is 2.33. The molecule has 0 radical (unpaired) electrons. The van der Waals surface area contributed by atoms with E-state index in [2.05, 4.69) is 24.3 Å². The SMILES string of the molecule is N[C@H]1CC[C@@H](c2ccccc2)CN(CC2CC2)C1=O. The van der Waals surface area contributed by atoms with Gasteiger partial charge in [-0.1, -0.05) is 30.3 Å². The Balaban J connectivity index is 1.76. The van der Waals surface area contributed by atoms with E-state index in [1.807, 2.05) is 11.0 Å². The molecular weight excluding hydrogens is 236 g/mol. The van der Waals surface area contributed by atoms with Gasteiger partial charge >= 0.3 is 0 Å². The van der Waals surface area contributed by atoms with Gasteiger partial charge < -0.3 is 10.6 Å². The smallest absolute Gasteiger partial charge is 0.239 e. The Morgan fingerprint density at radius 2 is 1.84 bits per heavy atom. The van der Waals surface area contributed by atoms with Crippen molar-refractivity contribution >= 4 is 5.91 Å². The monoisotopic (exact) mass is 258 g/mol. The normalized spacial score (nSPS) is 28.3. The lowest BCUT2D eigenvalue weighted by molar-refractivity contribution is -0.132. The maximum absolute atomic E-state index is 12.3. The molecule has 3 nitrogen and oxygen atoms in total. The zero-order valence-electron chi connectivity index (χ0n) is 11.3. The fourth-order valence-electron chi connectivity index (χ4n) is 2.96. The molecule has 0 aromatic heterocycles. The Kier molecular flexibility index (Phi) is 3.56. The van der Waals surface area contributed by atoms with Gasteiger partial charge in [0, 0.05) is 19.0 Å². The van der Waals surface area contributed by atoms with E-state index in [1.165, 1.54) is 18.4 Å². The van der Waals surface area contributed by atoms with Crippen LogP contribution in [-0.2, 0) is 4.79 Å². The Morgan fingerprint density at radius 3 is 2.53 bits per heavy atom. The van der Waals surface area contributed by atoms with Gasteiger partial charge in [-0.15, -0.1) is 0 Å². The molecule has 2 N–H and O–H groups in total. The van der Waals surface area contributed by atoms with E-state index >= 15 is 0 Å². The zero-order valence-corrected chi connectivity index (χ0v) is 11.3. The number of carbonyl (C=O) groups excluding carboxylic acids is 1. The Labute approximate surface area is 114 Å². The molecule has 1 saturated heterocycles. The minimum atomic E-state index is -0.299. The van der Waals surface area contributed by atoms with Crippen molar-refractivity contribution in [2.75, 3.05) is 13.1 Å². The lowest BCUT2D eigenvalue weighted by atomic mass is 9.94. The number of likely N-dealkylation sites (tertiary alicyclic amines) is 1. The summed E-state index contributed by atoms with van der Waals surface area (Å²) < 4.78 is 0. The zero-order chi connectivity index (χ0) is 13.2. The summed E-state index contributed by atoms with van der Waals surface area (Å²) in [5.41, 5.74) is 7.35. The van der Waals surface area contributed by atoms with Gasteiger partial charge in [-0.3, -0.25) is 4.79 Å². The number of hydrogen-bond donors (Lipinski definition) is 1. The van der Waals surface area contributed by atoms with Crippen molar-refractivity contribution in [2.24, 2.45) is 11.7 Å². The summed E-state index contributed by atoms with van der Waals surface area (Å²) in [4.78, 5) is 14.3. The molecule has 1 amide bonds. The number of rotatable bonds is 3. The van der Waals surface area contributed by atoms with E-state index in [-0.39, 0.29) is 11.9 Å². The number of nitrogens with two attached hydrogens (primary N) is 1. The maximum Gasteiger partial charge on any atom is 0.239 e. The lowest BCUT2D eigenvalue weighted by Gasteiger charge is -2.25. The van der Waals surface area contributed by atoms with E-state index in [0.29, 0.717) is 5.92 Å². The fraction of sp³-hybridized carbons (Fsp3) is 0.562. The fourth-order valence-corrected chi connectivity index (χ4v) is 2.96. The van der Waals surface area contributed by atoms with Crippen molar-refractivity contribution in [3.05, 3.63) is 35.9 Å². The van der Waals surface area contributed by atoms with E-state index in [0.717, 1.165) is 31.8 Å². The van der Waals surface area contributed by atoms with Crippen LogP contribution in [0.1, 0.15) is 37.2 Å². The number of nitrogens with zero attached hydrogens (tertiary/aromatic N) is 1. The van der Waals surface area contributed by atoms with Gasteiger partial charge in [-0.05, 0) is 37.2 Å². The van der Waals surface area contributed by atoms with Crippen molar-refractivity contribution in [2.45, 2.75) is 37.6 Å². The minimum Gasteiger partial charge on any atom is -0.340 e. The van der Waals surface area contributed by atoms with Crippen molar-refractivity contribution in [1.29, 1.82) is 0 Å². The molecule has 1 saturated carbocycles. The highest BCUT2D eigenvalue weighted by Gasteiger charge is 2.33. The van der Waals surface area contributed by atoms with Crippen LogP contribution >= 0.6 is 0 Å². The largest absolute Gasteiger partial charge is 0.340 e. The van der Waals surface area contributed by atoms with E-state index < -0.39 is 0 Å². The van der Waals surface area contributed by atoms with Crippen LogP contribution in [0.2, 0.25) is 0 Å². The van der Waals surface area contributed by atoms with Crippen LogP contribution in [0.5, 0.6) is 0 Å². The van der Waals surface area contributed by atoms with Crippen LogP contribution in [0.15, 0.2) is 30.3 Å². The molecule has 1 aliphatic carbocycles. The summed E-state index contributed by atoms with van der Waals surface area (Å²) in [6.45, 7) is 1.75. The molecule has 1 heterocycles. The predicted molar refractivity (Wildman–Crippen MR) is 75.7 cm³/mol. The molecule has 2 fully saturated rings. The van der Waals surface area contributed by atoms with Gasteiger partial charge in [0.15, 0.2) is 0 Å². The molecule has 0 spiro atoms. The van der Waals surface area contributed by atoms with Crippen molar-refractivity contribution in [3.63, 3.8) is 0 Å². The molecule has 0 unspecified atom stereocenters. The first-order valence-corrected chi connectivity index (χ1v) is 7.33. The van der Waals surface area contributed by atoms with E-state index in [1.54, 1.807) is 0 Å². The number of hydrogen-bond acceptors (Lipinski definition) is 2. The summed E-state index contributed by atoms with van der Waals surface area (Å²) in [6, 6.07) is 10.2. The minimum absolute atomic E-state index is 0.158. The first-order chi connectivity index (χ1) is 9.24. The Bertz CT molecular complexity index is 441. The first-order valence-electron chi connectivity index (χ1n) is 7.33. The second-order valence-electron chi connectivity index (χ2n) is 5.98. The average molecular weight is 258 g/mol. The molecule has 2 atom stereocenters. The molecule has 19 heavy (non-hydrogen) atoms. The summed E-state index contributed by atoms with van der Waals surface area (Å²) >= 11 is 0. The van der Waals surface area contributed by atoms with Crippen LogP contribution in [0.25, 0.3) is 0 Å². The van der Waals surface area contributed by atoms with E-state index in [9.17, 15) is 4.79 Å². The van der Waals surface area contributed by atoms with Crippen molar-refractivity contribution in [1.82, 2.24) is 4.90 Å². The van der Waals surface area contributed by atoms with E-state index in [4.69, 9.17) is 5.73 Å². The number of amides is 1. The molecule has 3 rings (SSSR count). The molecule has 3 heteroatoms. The van der Waals surface area contributed by atoms with Gasteiger partial charge in [-0.2, -0.15) is 0 Å². The second-order valence-corrected chi connectivity index (χ2v) is 5.98. The molecular formula is C16H22N2O. The predicted octanol–water partition coefficient (Wildman–Crippen LogP) is 2.13. The van der Waals surface area contributed by atoms with Crippen LogP contribution in [0, 0.1) is 5.92 Å². The Hall–Kier alpha value is -1.35. The van der Waals surface area contributed by atoms with Gasteiger partial charge in [0.1, 0.15) is 0 Å². The highest BCUT2D eigenvalue weighted by molar-refractivity contribution is 5.82. The van der Waals surface area contributed by atoms with Gasteiger partial charge in [0.05, 0.1) is 6.04 Å². The second kappa shape index (κ2) is 5.33. The third kappa shape index (κ3) is 2.98. The highest BCUT2D eigenvalue weighted by atomic mass is 16.2. The lowest BCUT2D eigenvalue weighted by Crippen LogP contribution is -2.43. The first kappa shape index (κ1) is 12.7. The van der Waals surface area contributed by atoms with Crippen LogP contribution in [0.3, 0.4) is 0 Å². The standard InChI is InChI=1S/C16H22N2O/c17-15-9-8-14(13-4-2-1-3-5-13)11-18(16(15)19)10-12-6-7-12/h1-5,12,14-15H,6-11,17H2/t14-,15+/m1/s1. The topological polar surface area (TPSA) is 46.3 Å². The summed E-state index contributed by atoms with van der Waals surface area (Å²) in [6.07, 6.45) is 4.36.